The number of methoxy groups -OCH3 is 2. The van der Waals surface area contributed by atoms with Crippen LogP contribution in [0.1, 0.15) is 25.5 Å². The average Bonchev–Trinajstić information content (AvgIpc) is 3.40. The van der Waals surface area contributed by atoms with Crippen LogP contribution in [0.25, 0.3) is 22.4 Å². The molecule has 0 bridgehead atoms. The van der Waals surface area contributed by atoms with Gasteiger partial charge in [0.05, 0.1) is 31.2 Å². The quantitative estimate of drug-likeness (QED) is 0.247. The van der Waals surface area contributed by atoms with Crippen LogP contribution < -0.4 is 19.5 Å². The lowest BCUT2D eigenvalue weighted by molar-refractivity contribution is -0.779. The van der Waals surface area contributed by atoms with Gasteiger partial charge < -0.3 is 9.47 Å². The first-order valence-corrected chi connectivity index (χ1v) is 12.5. The van der Waals surface area contributed by atoms with Crippen LogP contribution in [-0.4, -0.2) is 36.1 Å². The monoisotopic (exact) mass is 516 g/mol. The van der Waals surface area contributed by atoms with Crippen LogP contribution in [0.15, 0.2) is 70.3 Å². The van der Waals surface area contributed by atoms with Gasteiger partial charge in [-0.1, -0.05) is 54.2 Å². The van der Waals surface area contributed by atoms with Crippen LogP contribution in [0, 0.1) is 11.3 Å². The first kappa shape index (κ1) is 25.7. The molecule has 1 amide bonds. The predicted molar refractivity (Wildman–Crippen MR) is 139 cm³/mol. The van der Waals surface area contributed by atoms with Crippen molar-refractivity contribution in [3.05, 3.63) is 66.4 Å². The Bertz CT molecular complexity index is 1450. The molecule has 2 aromatic carbocycles. The number of anilines is 1. The Hall–Kier alpha value is -4.36. The lowest BCUT2D eigenvalue weighted by Crippen LogP contribution is -2.36. The predicted octanol–water partition coefficient (Wildman–Crippen LogP) is 4.89. The number of pyridine rings is 1. The van der Waals surface area contributed by atoms with Gasteiger partial charge in [0.2, 0.25) is 11.2 Å². The Kier molecular flexibility index (Phi) is 8.05. The third kappa shape index (κ3) is 5.73. The Morgan fingerprint density at radius 2 is 1.92 bits per heavy atom. The number of nitriles is 1. The third-order valence-corrected chi connectivity index (χ3v) is 6.45. The highest BCUT2D eigenvalue weighted by atomic mass is 32.2. The zero-order valence-electron chi connectivity index (χ0n) is 20.9. The molecule has 37 heavy (non-hydrogen) atoms. The Balaban J connectivity index is 1.72. The van der Waals surface area contributed by atoms with E-state index in [-0.39, 0.29) is 23.6 Å². The first-order valence-electron chi connectivity index (χ1n) is 11.5. The van der Waals surface area contributed by atoms with Gasteiger partial charge in [-0.05, 0) is 30.7 Å². The van der Waals surface area contributed by atoms with Gasteiger partial charge >= 0.3 is 5.88 Å². The van der Waals surface area contributed by atoms with Crippen LogP contribution in [0.2, 0.25) is 0 Å². The van der Waals surface area contributed by atoms with E-state index in [0.717, 1.165) is 5.56 Å². The molecule has 0 fully saturated rings. The van der Waals surface area contributed by atoms with Gasteiger partial charge in [-0.25, -0.2) is 4.98 Å². The smallest absolute Gasteiger partial charge is 0.302 e. The highest BCUT2D eigenvalue weighted by Crippen LogP contribution is 2.42. The second kappa shape index (κ2) is 11.6. The van der Waals surface area contributed by atoms with Crippen molar-refractivity contribution < 1.29 is 23.5 Å². The lowest BCUT2D eigenvalue weighted by atomic mass is 9.98. The molecule has 0 unspecified atom stereocenters. The second-order valence-electron chi connectivity index (χ2n) is 8.23. The molecule has 1 N–H and O–H groups in total. The molecule has 0 aliphatic rings. The highest BCUT2D eigenvalue weighted by molar-refractivity contribution is 8.00. The molecule has 188 valence electrons. The van der Waals surface area contributed by atoms with Crippen molar-refractivity contribution in [3.63, 3.8) is 0 Å². The molecule has 4 rings (SSSR count). The van der Waals surface area contributed by atoms with Crippen LogP contribution in [0.4, 0.5) is 5.88 Å². The zero-order chi connectivity index (χ0) is 26.4. The number of ether oxygens (including phenoxy) is 2. The number of carbonyl (C=O) groups is 1. The van der Waals surface area contributed by atoms with Gasteiger partial charge in [0.25, 0.3) is 6.20 Å². The molecule has 0 radical (unpaired) electrons. The van der Waals surface area contributed by atoms with E-state index in [1.54, 1.807) is 31.2 Å². The number of amides is 1. The fraction of sp³-hybridized carbons (Fsp3) is 0.222. The average molecular weight is 517 g/mol. The normalized spacial score (nSPS) is 10.7. The molecule has 10 heteroatoms. The summed E-state index contributed by atoms with van der Waals surface area (Å²) in [6.45, 7) is 3.90. The summed E-state index contributed by atoms with van der Waals surface area (Å²) in [5, 5.41) is 17.2. The minimum atomic E-state index is -0.312. The molecule has 0 aliphatic carbocycles. The highest BCUT2D eigenvalue weighted by Gasteiger charge is 2.22. The van der Waals surface area contributed by atoms with Crippen molar-refractivity contribution in [2.24, 2.45) is 0 Å². The van der Waals surface area contributed by atoms with E-state index in [4.69, 9.17) is 19.0 Å². The van der Waals surface area contributed by atoms with Crippen molar-refractivity contribution in [2.45, 2.75) is 24.9 Å². The van der Waals surface area contributed by atoms with E-state index in [1.807, 2.05) is 62.4 Å². The number of rotatable bonds is 9. The number of benzene rings is 2. The summed E-state index contributed by atoms with van der Waals surface area (Å²) < 4.78 is 17.9. The largest absolute Gasteiger partial charge is 0.493 e. The van der Waals surface area contributed by atoms with E-state index < -0.39 is 0 Å². The molecule has 0 atom stereocenters. The van der Waals surface area contributed by atoms with E-state index in [1.165, 1.54) is 11.8 Å². The van der Waals surface area contributed by atoms with Gasteiger partial charge in [0.1, 0.15) is 11.1 Å². The standard InChI is InChI=1S/C27H25N5O4S/c1-17(2)32-15-25(36-31-32)30-24(33)16-37-27-21(14-28)20(13-22(29-27)18-9-6-5-7-10-18)19-11-8-12-23(34-3)26(19)35-4/h5-13,15,17H,16H2,1-4H3/p+1. The number of carbonyl (C=O) groups excluding carboxylic acids is 1. The SMILES string of the molecule is COc1cccc(-c2cc(-c3ccccc3)nc(SCC(=O)Nc3c[n+](C(C)C)no3)c2C#N)c1OC. The molecule has 0 saturated heterocycles. The first-order chi connectivity index (χ1) is 17.9. The van der Waals surface area contributed by atoms with Crippen LogP contribution in [0.5, 0.6) is 11.5 Å². The number of hydrogen-bond donors (Lipinski definition) is 1. The zero-order valence-corrected chi connectivity index (χ0v) is 21.7. The minimum Gasteiger partial charge on any atom is -0.493 e. The fourth-order valence-corrected chi connectivity index (χ4v) is 4.47. The summed E-state index contributed by atoms with van der Waals surface area (Å²) in [5.41, 5.74) is 3.19. The van der Waals surface area contributed by atoms with Crippen molar-refractivity contribution in [1.29, 1.82) is 5.26 Å². The maximum Gasteiger partial charge on any atom is 0.302 e. The third-order valence-electron chi connectivity index (χ3n) is 5.48. The van der Waals surface area contributed by atoms with Gasteiger partial charge in [-0.15, -0.1) is 0 Å². The van der Waals surface area contributed by atoms with E-state index in [2.05, 4.69) is 16.7 Å². The van der Waals surface area contributed by atoms with Crippen LogP contribution in [-0.2, 0) is 4.79 Å². The molecule has 0 spiro atoms. The van der Waals surface area contributed by atoms with Crippen LogP contribution >= 0.6 is 11.8 Å². The second-order valence-corrected chi connectivity index (χ2v) is 9.20. The number of thioether (sulfide) groups is 1. The molecule has 0 saturated carbocycles. The fourth-order valence-electron chi connectivity index (χ4n) is 3.67. The van der Waals surface area contributed by atoms with Crippen molar-refractivity contribution in [2.75, 3.05) is 25.3 Å². The number of nitrogens with zero attached hydrogens (tertiary/aromatic N) is 4. The minimum absolute atomic E-state index is 0.0109. The molecular formula is C27H26N5O4S+. The lowest BCUT2D eigenvalue weighted by Gasteiger charge is -2.16. The molecule has 2 heterocycles. The summed E-state index contributed by atoms with van der Waals surface area (Å²) in [7, 11) is 3.12. The van der Waals surface area contributed by atoms with E-state index >= 15 is 0 Å². The van der Waals surface area contributed by atoms with Gasteiger partial charge in [0, 0.05) is 16.7 Å². The van der Waals surface area contributed by atoms with Gasteiger partial charge in [-0.3, -0.25) is 14.6 Å². The maximum absolute atomic E-state index is 12.7. The van der Waals surface area contributed by atoms with E-state index in [0.29, 0.717) is 38.9 Å². The molecule has 0 aliphatic heterocycles. The van der Waals surface area contributed by atoms with E-state index in [9.17, 15) is 10.1 Å². The molecule has 2 aromatic heterocycles. The van der Waals surface area contributed by atoms with Gasteiger partial charge in [0.15, 0.2) is 17.5 Å². The number of para-hydroxylation sites is 1. The van der Waals surface area contributed by atoms with Gasteiger partial charge in [-0.2, -0.15) is 5.26 Å². The Labute approximate surface area is 219 Å². The summed E-state index contributed by atoms with van der Waals surface area (Å²) >= 11 is 1.17. The number of nitrogens with one attached hydrogen (secondary N) is 1. The Morgan fingerprint density at radius 3 is 2.57 bits per heavy atom. The number of aromatic nitrogens is 3. The summed E-state index contributed by atoms with van der Waals surface area (Å²) in [6.07, 6.45) is 1.62. The maximum atomic E-state index is 12.7. The molecule has 9 nitrogen and oxygen atoms in total. The summed E-state index contributed by atoms with van der Waals surface area (Å²) in [5.74, 6) is 0.989. The summed E-state index contributed by atoms with van der Waals surface area (Å²) in [6, 6.07) is 19.4. The molecular weight excluding hydrogens is 490 g/mol. The number of hydrogen-bond acceptors (Lipinski definition) is 8. The molecule has 4 aromatic rings. The summed E-state index contributed by atoms with van der Waals surface area (Å²) in [4.78, 5) is 17.4. The van der Waals surface area contributed by atoms with Crippen molar-refractivity contribution >= 4 is 23.6 Å². The van der Waals surface area contributed by atoms with Crippen molar-refractivity contribution in [1.82, 2.24) is 10.3 Å². The topological polar surface area (TPSA) is 114 Å². The Morgan fingerprint density at radius 1 is 1.14 bits per heavy atom. The van der Waals surface area contributed by atoms with Crippen molar-refractivity contribution in [3.8, 4) is 40.0 Å². The van der Waals surface area contributed by atoms with Crippen LogP contribution in [0.3, 0.4) is 0 Å².